The molecule has 0 saturated heterocycles. The highest BCUT2D eigenvalue weighted by atomic mass is 19.4. The third-order valence-corrected chi connectivity index (χ3v) is 1.42. The van der Waals surface area contributed by atoms with Crippen LogP contribution in [-0.2, 0) is 0 Å². The number of imidazole rings is 1. The molecule has 1 aromatic heterocycles. The number of hydrogen-bond acceptors (Lipinski definition) is 1. The van der Waals surface area contributed by atoms with Gasteiger partial charge in [-0.25, -0.2) is 4.98 Å². The number of alkyl halides is 3. The molecule has 1 aromatic rings. The molecule has 11 heavy (non-hydrogen) atoms. The van der Waals surface area contributed by atoms with E-state index in [1.807, 2.05) is 0 Å². The molecule has 1 atom stereocenters. The smallest absolute Gasteiger partial charge is 0.348 e. The molecule has 0 aliphatic heterocycles. The first-order valence-corrected chi connectivity index (χ1v) is 3.08. The first-order chi connectivity index (χ1) is 5.02. The predicted molar refractivity (Wildman–Crippen MR) is 33.1 cm³/mol. The zero-order valence-electron chi connectivity index (χ0n) is 5.81. The second kappa shape index (κ2) is 2.56. The summed E-state index contributed by atoms with van der Waals surface area (Å²) >= 11 is 0. The van der Waals surface area contributed by atoms with Gasteiger partial charge in [0.2, 0.25) is 0 Å². The van der Waals surface area contributed by atoms with E-state index in [0.717, 1.165) is 6.92 Å². The van der Waals surface area contributed by atoms with Crippen LogP contribution in [0.5, 0.6) is 0 Å². The molecular formula is C6H7F3N2. The molecule has 0 fully saturated rings. The molecule has 2 nitrogen and oxygen atoms in total. The number of halogens is 3. The van der Waals surface area contributed by atoms with E-state index >= 15 is 0 Å². The van der Waals surface area contributed by atoms with Crippen LogP contribution in [0.25, 0.3) is 0 Å². The Kier molecular flexibility index (Phi) is 1.89. The lowest BCUT2D eigenvalue weighted by molar-refractivity contribution is -0.147. The van der Waals surface area contributed by atoms with Crippen LogP contribution < -0.4 is 0 Å². The van der Waals surface area contributed by atoms with E-state index in [2.05, 4.69) is 9.97 Å². The Labute approximate surface area is 61.5 Å². The van der Waals surface area contributed by atoms with Gasteiger partial charge in [0.1, 0.15) is 11.7 Å². The topological polar surface area (TPSA) is 28.7 Å². The molecule has 0 aromatic carbocycles. The number of aromatic nitrogens is 2. The van der Waals surface area contributed by atoms with Crippen molar-refractivity contribution in [3.63, 3.8) is 0 Å². The lowest BCUT2D eigenvalue weighted by Gasteiger charge is -2.11. The predicted octanol–water partition coefficient (Wildman–Crippen LogP) is 2.08. The molecule has 1 unspecified atom stereocenters. The summed E-state index contributed by atoms with van der Waals surface area (Å²) in [6, 6.07) is 0. The Balaban J connectivity index is 2.78. The number of aromatic amines is 1. The van der Waals surface area contributed by atoms with E-state index in [1.165, 1.54) is 12.4 Å². The van der Waals surface area contributed by atoms with E-state index in [0.29, 0.717) is 0 Å². The Bertz CT molecular complexity index is 214. The number of nitrogens with one attached hydrogen (secondary N) is 1. The Morgan fingerprint density at radius 1 is 1.55 bits per heavy atom. The number of H-pyrrole nitrogens is 1. The maximum atomic E-state index is 12.0. The summed E-state index contributed by atoms with van der Waals surface area (Å²) in [5, 5.41) is 0. The van der Waals surface area contributed by atoms with E-state index < -0.39 is 12.1 Å². The van der Waals surface area contributed by atoms with Gasteiger partial charge in [-0.2, -0.15) is 13.2 Å². The van der Waals surface area contributed by atoms with Gasteiger partial charge < -0.3 is 4.98 Å². The van der Waals surface area contributed by atoms with Gasteiger partial charge in [-0.15, -0.1) is 0 Å². The van der Waals surface area contributed by atoms with Gasteiger partial charge in [0.05, 0.1) is 0 Å². The maximum Gasteiger partial charge on any atom is 0.398 e. The second-order valence-corrected chi connectivity index (χ2v) is 2.24. The first-order valence-electron chi connectivity index (χ1n) is 3.08. The summed E-state index contributed by atoms with van der Waals surface area (Å²) in [5.74, 6) is -1.56. The molecule has 0 aliphatic rings. The number of hydrogen-bond donors (Lipinski definition) is 1. The second-order valence-electron chi connectivity index (χ2n) is 2.24. The SMILES string of the molecule is CC(c1ncc[nH]1)C(F)(F)F. The van der Waals surface area contributed by atoms with Gasteiger partial charge in [0.25, 0.3) is 0 Å². The molecule has 0 aliphatic carbocycles. The average Bonchev–Trinajstić information content (AvgIpc) is 2.34. The van der Waals surface area contributed by atoms with Gasteiger partial charge >= 0.3 is 6.18 Å². The molecule has 0 radical (unpaired) electrons. The quantitative estimate of drug-likeness (QED) is 0.676. The largest absolute Gasteiger partial charge is 0.398 e. The van der Waals surface area contributed by atoms with Gasteiger partial charge in [-0.05, 0) is 6.92 Å². The maximum absolute atomic E-state index is 12.0. The monoisotopic (exact) mass is 164 g/mol. The lowest BCUT2D eigenvalue weighted by atomic mass is 10.1. The van der Waals surface area contributed by atoms with Crippen LogP contribution >= 0.6 is 0 Å². The fourth-order valence-corrected chi connectivity index (χ4v) is 0.669. The Hall–Kier alpha value is -1.00. The van der Waals surface area contributed by atoms with Crippen molar-refractivity contribution in [2.24, 2.45) is 0 Å². The van der Waals surface area contributed by atoms with Gasteiger partial charge in [-0.1, -0.05) is 0 Å². The number of nitrogens with zero attached hydrogens (tertiary/aromatic N) is 1. The minimum Gasteiger partial charge on any atom is -0.348 e. The van der Waals surface area contributed by atoms with E-state index in [9.17, 15) is 13.2 Å². The summed E-state index contributed by atoms with van der Waals surface area (Å²) < 4.78 is 35.9. The standard InChI is InChI=1S/C6H7F3N2/c1-4(6(7,8)9)5-10-2-3-11-5/h2-4H,1H3,(H,10,11). The van der Waals surface area contributed by atoms with E-state index in [-0.39, 0.29) is 5.82 Å². The highest BCUT2D eigenvalue weighted by Gasteiger charge is 2.38. The summed E-state index contributed by atoms with van der Waals surface area (Å²) in [7, 11) is 0. The fraction of sp³-hybridized carbons (Fsp3) is 0.500. The summed E-state index contributed by atoms with van der Waals surface area (Å²) in [4.78, 5) is 5.92. The molecule has 1 N–H and O–H groups in total. The third kappa shape index (κ3) is 1.72. The zero-order chi connectivity index (χ0) is 8.48. The molecule has 0 amide bonds. The van der Waals surface area contributed by atoms with Crippen LogP contribution in [0.1, 0.15) is 18.7 Å². The minimum atomic E-state index is -4.21. The lowest BCUT2D eigenvalue weighted by Crippen LogP contribution is -2.18. The molecule has 0 spiro atoms. The van der Waals surface area contributed by atoms with Crippen molar-refractivity contribution in [2.45, 2.75) is 19.0 Å². The van der Waals surface area contributed by atoms with Crippen molar-refractivity contribution < 1.29 is 13.2 Å². The summed E-state index contributed by atoms with van der Waals surface area (Å²) in [5.41, 5.74) is 0. The third-order valence-electron chi connectivity index (χ3n) is 1.42. The molecule has 1 heterocycles. The molecular weight excluding hydrogens is 157 g/mol. The summed E-state index contributed by atoms with van der Waals surface area (Å²) in [6.07, 6.45) is -1.53. The molecule has 0 saturated carbocycles. The van der Waals surface area contributed by atoms with E-state index in [1.54, 1.807) is 0 Å². The zero-order valence-corrected chi connectivity index (χ0v) is 5.81. The van der Waals surface area contributed by atoms with Gasteiger partial charge in [0, 0.05) is 12.4 Å². The van der Waals surface area contributed by atoms with Crippen molar-refractivity contribution in [3.05, 3.63) is 18.2 Å². The fourth-order valence-electron chi connectivity index (χ4n) is 0.669. The Morgan fingerprint density at radius 2 is 2.18 bits per heavy atom. The molecule has 0 bridgehead atoms. The van der Waals surface area contributed by atoms with Gasteiger partial charge in [-0.3, -0.25) is 0 Å². The first kappa shape index (κ1) is 8.10. The molecule has 1 rings (SSSR count). The summed E-state index contributed by atoms with van der Waals surface area (Å²) in [6.45, 7) is 1.07. The van der Waals surface area contributed by atoms with Gasteiger partial charge in [0.15, 0.2) is 0 Å². The van der Waals surface area contributed by atoms with Crippen molar-refractivity contribution in [2.75, 3.05) is 0 Å². The normalized spacial score (nSPS) is 14.9. The highest BCUT2D eigenvalue weighted by molar-refractivity contribution is 4.97. The minimum absolute atomic E-state index is 0.0440. The van der Waals surface area contributed by atoms with Crippen LogP contribution in [-0.4, -0.2) is 16.1 Å². The van der Waals surface area contributed by atoms with Crippen LogP contribution in [0, 0.1) is 0 Å². The van der Waals surface area contributed by atoms with Crippen LogP contribution in [0.15, 0.2) is 12.4 Å². The van der Waals surface area contributed by atoms with Crippen molar-refractivity contribution in [3.8, 4) is 0 Å². The van der Waals surface area contributed by atoms with Crippen molar-refractivity contribution in [1.29, 1.82) is 0 Å². The Morgan fingerprint density at radius 3 is 2.55 bits per heavy atom. The van der Waals surface area contributed by atoms with Crippen molar-refractivity contribution >= 4 is 0 Å². The molecule has 62 valence electrons. The van der Waals surface area contributed by atoms with E-state index in [4.69, 9.17) is 0 Å². The molecule has 5 heteroatoms. The average molecular weight is 164 g/mol. The van der Waals surface area contributed by atoms with Crippen molar-refractivity contribution in [1.82, 2.24) is 9.97 Å². The van der Waals surface area contributed by atoms with Crippen LogP contribution in [0.3, 0.4) is 0 Å². The van der Waals surface area contributed by atoms with Crippen LogP contribution in [0.2, 0.25) is 0 Å². The highest BCUT2D eigenvalue weighted by Crippen LogP contribution is 2.31. The van der Waals surface area contributed by atoms with Crippen LogP contribution in [0.4, 0.5) is 13.2 Å². The number of rotatable bonds is 1.